The van der Waals surface area contributed by atoms with E-state index in [1.807, 2.05) is 33.8 Å². The van der Waals surface area contributed by atoms with E-state index >= 15 is 0 Å². The molecule has 0 bridgehead atoms. The van der Waals surface area contributed by atoms with E-state index in [1.54, 1.807) is 41.7 Å². The van der Waals surface area contributed by atoms with Gasteiger partial charge in [0.15, 0.2) is 0 Å². The minimum Gasteiger partial charge on any atom is -0.472 e. The van der Waals surface area contributed by atoms with Gasteiger partial charge in [-0.2, -0.15) is 0 Å². The van der Waals surface area contributed by atoms with Crippen molar-refractivity contribution in [1.82, 2.24) is 4.90 Å². The molecule has 1 heterocycles. The van der Waals surface area contributed by atoms with E-state index in [0.29, 0.717) is 24.5 Å². The summed E-state index contributed by atoms with van der Waals surface area (Å²) in [7, 11) is 0. The standard InChI is InChI=1S/C19H25N3O3/c1-5-22(12-14-9-10-25-13-14)18(24)21-16-8-6-7-15(11-16)20-17(23)19(2,3)4/h6-11,13H,5,12H2,1-4H3,(H,20,23)(H,21,24). The molecule has 134 valence electrons. The molecule has 6 heteroatoms. The van der Waals surface area contributed by atoms with Crippen LogP contribution < -0.4 is 10.6 Å². The van der Waals surface area contributed by atoms with Gasteiger partial charge in [0.2, 0.25) is 5.91 Å². The lowest BCUT2D eigenvalue weighted by molar-refractivity contribution is -0.123. The van der Waals surface area contributed by atoms with Crippen molar-refractivity contribution in [1.29, 1.82) is 0 Å². The van der Waals surface area contributed by atoms with Crippen LogP contribution in [0.3, 0.4) is 0 Å². The Kier molecular flexibility index (Phi) is 5.85. The minimum absolute atomic E-state index is 0.0777. The van der Waals surface area contributed by atoms with Gasteiger partial charge in [0, 0.05) is 28.9 Å². The Bertz CT molecular complexity index is 718. The third-order valence-corrected chi connectivity index (χ3v) is 3.68. The van der Waals surface area contributed by atoms with E-state index in [4.69, 9.17) is 4.42 Å². The molecule has 0 unspecified atom stereocenters. The molecule has 1 aromatic heterocycles. The van der Waals surface area contributed by atoms with E-state index in [0.717, 1.165) is 5.56 Å². The summed E-state index contributed by atoms with van der Waals surface area (Å²) in [6, 6.07) is 8.74. The van der Waals surface area contributed by atoms with Crippen LogP contribution in [0.1, 0.15) is 33.3 Å². The Balaban J connectivity index is 2.02. The average Bonchev–Trinajstić information content (AvgIpc) is 3.05. The van der Waals surface area contributed by atoms with E-state index in [2.05, 4.69) is 10.6 Å². The van der Waals surface area contributed by atoms with Crippen molar-refractivity contribution in [2.75, 3.05) is 17.2 Å². The van der Waals surface area contributed by atoms with Gasteiger partial charge >= 0.3 is 6.03 Å². The molecule has 0 aliphatic heterocycles. The van der Waals surface area contributed by atoms with Crippen molar-refractivity contribution < 1.29 is 14.0 Å². The number of furan rings is 1. The van der Waals surface area contributed by atoms with E-state index in [9.17, 15) is 9.59 Å². The molecule has 0 aliphatic rings. The van der Waals surface area contributed by atoms with Gasteiger partial charge in [0.1, 0.15) is 0 Å². The van der Waals surface area contributed by atoms with Gasteiger partial charge in [-0.1, -0.05) is 26.8 Å². The molecule has 2 N–H and O–H groups in total. The molecule has 0 saturated heterocycles. The van der Waals surface area contributed by atoms with Gasteiger partial charge in [0.25, 0.3) is 0 Å². The topological polar surface area (TPSA) is 74.6 Å². The van der Waals surface area contributed by atoms with Gasteiger partial charge in [0.05, 0.1) is 19.1 Å². The first-order valence-corrected chi connectivity index (χ1v) is 8.28. The largest absolute Gasteiger partial charge is 0.472 e. The summed E-state index contributed by atoms with van der Waals surface area (Å²) < 4.78 is 5.04. The summed E-state index contributed by atoms with van der Waals surface area (Å²) in [6.45, 7) is 8.51. The van der Waals surface area contributed by atoms with Crippen molar-refractivity contribution in [2.45, 2.75) is 34.2 Å². The molecule has 0 aliphatic carbocycles. The lowest BCUT2D eigenvalue weighted by Crippen LogP contribution is -2.34. The van der Waals surface area contributed by atoms with Crippen molar-refractivity contribution in [2.24, 2.45) is 5.41 Å². The van der Waals surface area contributed by atoms with Crippen LogP contribution in [0.2, 0.25) is 0 Å². The zero-order valence-corrected chi connectivity index (χ0v) is 15.1. The number of urea groups is 1. The molecule has 2 rings (SSSR count). The average molecular weight is 343 g/mol. The van der Waals surface area contributed by atoms with Gasteiger partial charge in [-0.25, -0.2) is 4.79 Å². The monoisotopic (exact) mass is 343 g/mol. The molecular formula is C19H25N3O3. The summed E-state index contributed by atoms with van der Waals surface area (Å²) in [5, 5.41) is 5.72. The fourth-order valence-electron chi connectivity index (χ4n) is 2.13. The maximum atomic E-state index is 12.5. The molecule has 0 spiro atoms. The van der Waals surface area contributed by atoms with Crippen LogP contribution in [0.15, 0.2) is 47.3 Å². The van der Waals surface area contributed by atoms with E-state index < -0.39 is 5.41 Å². The van der Waals surface area contributed by atoms with Gasteiger partial charge in [-0.05, 0) is 31.2 Å². The van der Waals surface area contributed by atoms with Gasteiger partial charge in [-0.3, -0.25) is 4.79 Å². The molecule has 3 amide bonds. The summed E-state index contributed by atoms with van der Waals surface area (Å²) in [5.74, 6) is -0.0777. The van der Waals surface area contributed by atoms with E-state index in [-0.39, 0.29) is 11.9 Å². The zero-order chi connectivity index (χ0) is 18.4. The van der Waals surface area contributed by atoms with Crippen LogP contribution in [0.4, 0.5) is 16.2 Å². The van der Waals surface area contributed by atoms with Crippen molar-refractivity contribution in [3.05, 3.63) is 48.4 Å². The number of amides is 3. The highest BCUT2D eigenvalue weighted by atomic mass is 16.3. The maximum Gasteiger partial charge on any atom is 0.322 e. The number of hydrogen-bond acceptors (Lipinski definition) is 3. The number of benzene rings is 1. The first kappa shape index (κ1) is 18.6. The predicted molar refractivity (Wildman–Crippen MR) is 98.3 cm³/mol. The highest BCUT2D eigenvalue weighted by Crippen LogP contribution is 2.20. The second-order valence-electron chi connectivity index (χ2n) is 6.86. The SMILES string of the molecule is CCN(Cc1ccoc1)C(=O)Nc1cccc(NC(=O)C(C)(C)C)c1. The number of nitrogens with zero attached hydrogens (tertiary/aromatic N) is 1. The molecule has 0 radical (unpaired) electrons. The maximum absolute atomic E-state index is 12.5. The van der Waals surface area contributed by atoms with Crippen LogP contribution in [0.5, 0.6) is 0 Å². The third-order valence-electron chi connectivity index (χ3n) is 3.68. The Morgan fingerprint density at radius 1 is 1.12 bits per heavy atom. The Morgan fingerprint density at radius 2 is 1.80 bits per heavy atom. The molecule has 0 fully saturated rings. The fourth-order valence-corrected chi connectivity index (χ4v) is 2.13. The van der Waals surface area contributed by atoms with Crippen LogP contribution >= 0.6 is 0 Å². The summed E-state index contributed by atoms with van der Waals surface area (Å²) in [5.41, 5.74) is 1.73. The third kappa shape index (κ3) is 5.38. The van der Waals surface area contributed by atoms with Crippen LogP contribution in [0.25, 0.3) is 0 Å². The Labute approximate surface area is 148 Å². The zero-order valence-electron chi connectivity index (χ0n) is 15.1. The van der Waals surface area contributed by atoms with Crippen molar-refractivity contribution >= 4 is 23.3 Å². The van der Waals surface area contributed by atoms with Crippen LogP contribution in [-0.2, 0) is 11.3 Å². The summed E-state index contributed by atoms with van der Waals surface area (Å²) >= 11 is 0. The van der Waals surface area contributed by atoms with Gasteiger partial charge in [-0.15, -0.1) is 0 Å². The minimum atomic E-state index is -0.483. The molecule has 0 atom stereocenters. The number of carbonyl (C=O) groups excluding carboxylic acids is 2. The van der Waals surface area contributed by atoms with Gasteiger partial charge < -0.3 is 20.0 Å². The lowest BCUT2D eigenvalue weighted by Gasteiger charge is -2.21. The van der Waals surface area contributed by atoms with Crippen molar-refractivity contribution in [3.63, 3.8) is 0 Å². The Hall–Kier alpha value is -2.76. The second-order valence-corrected chi connectivity index (χ2v) is 6.86. The van der Waals surface area contributed by atoms with E-state index in [1.165, 1.54) is 0 Å². The number of carbonyl (C=O) groups is 2. The highest BCUT2D eigenvalue weighted by Gasteiger charge is 2.21. The molecule has 0 saturated carbocycles. The lowest BCUT2D eigenvalue weighted by atomic mass is 9.95. The number of hydrogen-bond donors (Lipinski definition) is 2. The predicted octanol–water partition coefficient (Wildman–Crippen LogP) is 4.32. The van der Waals surface area contributed by atoms with Crippen LogP contribution in [0, 0.1) is 5.41 Å². The molecule has 2 aromatic rings. The molecule has 25 heavy (non-hydrogen) atoms. The summed E-state index contributed by atoms with van der Waals surface area (Å²) in [6.07, 6.45) is 3.21. The second kappa shape index (κ2) is 7.88. The Morgan fingerprint density at radius 3 is 2.36 bits per heavy atom. The summed E-state index contributed by atoms with van der Waals surface area (Å²) in [4.78, 5) is 26.2. The number of anilines is 2. The normalized spacial score (nSPS) is 11.0. The number of rotatable bonds is 5. The first-order valence-electron chi connectivity index (χ1n) is 8.28. The van der Waals surface area contributed by atoms with Crippen LogP contribution in [-0.4, -0.2) is 23.4 Å². The first-order chi connectivity index (χ1) is 11.8. The molecule has 1 aromatic carbocycles. The number of nitrogens with one attached hydrogen (secondary N) is 2. The fraction of sp³-hybridized carbons (Fsp3) is 0.368. The quantitative estimate of drug-likeness (QED) is 0.849. The highest BCUT2D eigenvalue weighted by molar-refractivity contribution is 5.96. The molecular weight excluding hydrogens is 318 g/mol. The van der Waals surface area contributed by atoms with Crippen molar-refractivity contribution in [3.8, 4) is 0 Å². The molecule has 6 nitrogen and oxygen atoms in total. The smallest absolute Gasteiger partial charge is 0.322 e.